The van der Waals surface area contributed by atoms with Crippen LogP contribution in [0.1, 0.15) is 31.7 Å². The zero-order valence-electron chi connectivity index (χ0n) is 10.5. The quantitative estimate of drug-likeness (QED) is 0.689. The molecule has 0 saturated heterocycles. The maximum absolute atomic E-state index is 5.41. The lowest BCUT2D eigenvalue weighted by atomic mass is 10.1. The van der Waals surface area contributed by atoms with Gasteiger partial charge in [-0.3, -0.25) is 0 Å². The predicted octanol–water partition coefficient (Wildman–Crippen LogP) is 2.00. The molecule has 0 aliphatic rings. The molecule has 0 spiro atoms. The lowest BCUT2D eigenvalue weighted by Gasteiger charge is -2.09. The van der Waals surface area contributed by atoms with E-state index in [0.29, 0.717) is 5.92 Å². The summed E-state index contributed by atoms with van der Waals surface area (Å²) in [6, 6.07) is 0. The smallest absolute Gasteiger partial charge is 0.181 e. The zero-order valence-corrected chi connectivity index (χ0v) is 10.5. The molecule has 1 aromatic heterocycles. The van der Waals surface area contributed by atoms with Crippen LogP contribution in [-0.4, -0.2) is 25.2 Å². The Bertz CT molecular complexity index is 286. The summed E-state index contributed by atoms with van der Waals surface area (Å²) in [5, 5.41) is 3.33. The zero-order chi connectivity index (χ0) is 11.8. The molecule has 1 heterocycles. The van der Waals surface area contributed by atoms with Gasteiger partial charge in [-0.05, 0) is 18.9 Å². The Labute approximate surface area is 97.4 Å². The Balaban J connectivity index is 2.43. The van der Waals surface area contributed by atoms with E-state index in [9.17, 15) is 0 Å². The van der Waals surface area contributed by atoms with Crippen LogP contribution in [0.4, 0.5) is 0 Å². The molecular formula is C12H22N2O2. The third-order valence-electron chi connectivity index (χ3n) is 2.43. The highest BCUT2D eigenvalue weighted by Crippen LogP contribution is 2.13. The van der Waals surface area contributed by atoms with Crippen LogP contribution in [0.2, 0.25) is 0 Å². The average molecular weight is 226 g/mol. The molecule has 0 aliphatic carbocycles. The highest BCUT2D eigenvalue weighted by atomic mass is 16.5. The van der Waals surface area contributed by atoms with Gasteiger partial charge in [-0.15, -0.1) is 0 Å². The normalized spacial score (nSPS) is 12.9. The van der Waals surface area contributed by atoms with Crippen LogP contribution in [-0.2, 0) is 17.7 Å². The van der Waals surface area contributed by atoms with Crippen molar-refractivity contribution in [3.8, 4) is 0 Å². The molecule has 0 fully saturated rings. The van der Waals surface area contributed by atoms with Gasteiger partial charge in [0, 0.05) is 26.7 Å². The van der Waals surface area contributed by atoms with Crippen molar-refractivity contribution in [2.24, 2.45) is 5.92 Å². The molecule has 0 aliphatic heterocycles. The minimum absolute atomic E-state index is 0.461. The van der Waals surface area contributed by atoms with Gasteiger partial charge >= 0.3 is 0 Å². The number of ether oxygens (including phenoxy) is 1. The lowest BCUT2D eigenvalue weighted by Crippen LogP contribution is -2.16. The second-order valence-corrected chi connectivity index (χ2v) is 4.16. The minimum Gasteiger partial charge on any atom is -0.448 e. The first kappa shape index (κ1) is 13.2. The van der Waals surface area contributed by atoms with Crippen LogP contribution < -0.4 is 5.32 Å². The predicted molar refractivity (Wildman–Crippen MR) is 63.2 cm³/mol. The SMILES string of the molecule is CCCNCc1ncoc1CC(C)COC. The van der Waals surface area contributed by atoms with Crippen molar-refractivity contribution in [1.82, 2.24) is 10.3 Å². The van der Waals surface area contributed by atoms with E-state index >= 15 is 0 Å². The highest BCUT2D eigenvalue weighted by Gasteiger charge is 2.11. The standard InChI is InChI=1S/C12H22N2O2/c1-4-5-13-7-11-12(16-9-14-11)6-10(2)8-15-3/h9-10,13H,4-8H2,1-3H3. The monoisotopic (exact) mass is 226 g/mol. The first-order chi connectivity index (χ1) is 7.77. The molecule has 16 heavy (non-hydrogen) atoms. The van der Waals surface area contributed by atoms with Crippen LogP contribution in [0.25, 0.3) is 0 Å². The largest absolute Gasteiger partial charge is 0.448 e. The fraction of sp³-hybridized carbons (Fsp3) is 0.750. The average Bonchev–Trinajstić information content (AvgIpc) is 2.66. The fourth-order valence-electron chi connectivity index (χ4n) is 1.65. The summed E-state index contributed by atoms with van der Waals surface area (Å²) < 4.78 is 10.5. The molecule has 1 aromatic rings. The van der Waals surface area contributed by atoms with Crippen molar-refractivity contribution < 1.29 is 9.15 Å². The number of hydrogen-bond donors (Lipinski definition) is 1. The first-order valence-electron chi connectivity index (χ1n) is 5.88. The van der Waals surface area contributed by atoms with Crippen molar-refractivity contribution in [2.45, 2.75) is 33.2 Å². The maximum atomic E-state index is 5.41. The molecule has 4 heteroatoms. The van der Waals surface area contributed by atoms with Crippen molar-refractivity contribution in [2.75, 3.05) is 20.3 Å². The summed E-state index contributed by atoms with van der Waals surface area (Å²) in [5.41, 5.74) is 1.02. The van der Waals surface area contributed by atoms with Crippen molar-refractivity contribution in [3.63, 3.8) is 0 Å². The van der Waals surface area contributed by atoms with E-state index in [4.69, 9.17) is 9.15 Å². The number of hydrogen-bond acceptors (Lipinski definition) is 4. The van der Waals surface area contributed by atoms with E-state index in [-0.39, 0.29) is 0 Å². The molecule has 0 aromatic carbocycles. The molecule has 1 rings (SSSR count). The van der Waals surface area contributed by atoms with Gasteiger partial charge in [-0.2, -0.15) is 0 Å². The number of nitrogens with one attached hydrogen (secondary N) is 1. The molecule has 1 N–H and O–H groups in total. The maximum Gasteiger partial charge on any atom is 0.181 e. The Morgan fingerprint density at radius 1 is 1.56 bits per heavy atom. The first-order valence-corrected chi connectivity index (χ1v) is 5.88. The summed E-state index contributed by atoms with van der Waals surface area (Å²) >= 11 is 0. The third-order valence-corrected chi connectivity index (χ3v) is 2.43. The Kier molecular flexibility index (Phi) is 6.11. The van der Waals surface area contributed by atoms with Gasteiger partial charge in [-0.25, -0.2) is 4.98 Å². The van der Waals surface area contributed by atoms with Gasteiger partial charge in [0.05, 0.1) is 5.69 Å². The molecule has 1 atom stereocenters. The van der Waals surface area contributed by atoms with Crippen LogP contribution >= 0.6 is 0 Å². The van der Waals surface area contributed by atoms with E-state index in [2.05, 4.69) is 24.1 Å². The Hall–Kier alpha value is -0.870. The van der Waals surface area contributed by atoms with Crippen LogP contribution in [0, 0.1) is 5.92 Å². The number of oxazole rings is 1. The van der Waals surface area contributed by atoms with Gasteiger partial charge in [0.15, 0.2) is 6.39 Å². The van der Waals surface area contributed by atoms with Crippen molar-refractivity contribution in [1.29, 1.82) is 0 Å². The van der Waals surface area contributed by atoms with Gasteiger partial charge in [0.2, 0.25) is 0 Å². The number of nitrogens with zero attached hydrogens (tertiary/aromatic N) is 1. The summed E-state index contributed by atoms with van der Waals surface area (Å²) in [5.74, 6) is 1.44. The van der Waals surface area contributed by atoms with Crippen molar-refractivity contribution >= 4 is 0 Å². The van der Waals surface area contributed by atoms with Gasteiger partial charge in [0.25, 0.3) is 0 Å². The van der Waals surface area contributed by atoms with E-state index in [1.54, 1.807) is 7.11 Å². The van der Waals surface area contributed by atoms with Crippen LogP contribution in [0.5, 0.6) is 0 Å². The van der Waals surface area contributed by atoms with Gasteiger partial charge in [0.1, 0.15) is 5.76 Å². The summed E-state index contributed by atoms with van der Waals surface area (Å²) in [7, 11) is 1.72. The Morgan fingerprint density at radius 3 is 3.06 bits per heavy atom. The van der Waals surface area contributed by atoms with Gasteiger partial charge in [-0.1, -0.05) is 13.8 Å². The fourth-order valence-corrected chi connectivity index (χ4v) is 1.65. The van der Waals surface area contributed by atoms with E-state index in [1.165, 1.54) is 6.39 Å². The topological polar surface area (TPSA) is 47.3 Å². The van der Waals surface area contributed by atoms with Crippen LogP contribution in [0.15, 0.2) is 10.8 Å². The third kappa shape index (κ3) is 4.33. The molecule has 0 radical (unpaired) electrons. The highest BCUT2D eigenvalue weighted by molar-refractivity contribution is 5.07. The molecule has 4 nitrogen and oxygen atoms in total. The van der Waals surface area contributed by atoms with Crippen molar-refractivity contribution in [3.05, 3.63) is 17.8 Å². The number of aromatic nitrogens is 1. The second kappa shape index (κ2) is 7.41. The summed E-state index contributed by atoms with van der Waals surface area (Å²) in [4.78, 5) is 4.23. The molecule has 92 valence electrons. The van der Waals surface area contributed by atoms with Gasteiger partial charge < -0.3 is 14.5 Å². The van der Waals surface area contributed by atoms with Crippen LogP contribution in [0.3, 0.4) is 0 Å². The van der Waals surface area contributed by atoms with E-state index in [1.807, 2.05) is 0 Å². The number of rotatable bonds is 8. The second-order valence-electron chi connectivity index (χ2n) is 4.16. The molecular weight excluding hydrogens is 204 g/mol. The molecule has 0 saturated carbocycles. The molecule has 1 unspecified atom stereocenters. The minimum atomic E-state index is 0.461. The number of methoxy groups -OCH3 is 1. The van der Waals surface area contributed by atoms with E-state index < -0.39 is 0 Å². The molecule has 0 amide bonds. The molecule has 0 bridgehead atoms. The Morgan fingerprint density at radius 2 is 2.38 bits per heavy atom. The summed E-state index contributed by atoms with van der Waals surface area (Å²) in [6.45, 7) is 6.86. The lowest BCUT2D eigenvalue weighted by molar-refractivity contribution is 0.156. The van der Waals surface area contributed by atoms with E-state index in [0.717, 1.165) is 44.0 Å². The summed E-state index contributed by atoms with van der Waals surface area (Å²) in [6.07, 6.45) is 3.54.